The van der Waals surface area contributed by atoms with Gasteiger partial charge in [0.25, 0.3) is 10.1 Å². The van der Waals surface area contributed by atoms with Crippen molar-refractivity contribution in [1.82, 2.24) is 0 Å². The number of benzene rings is 1. The molecule has 96 valence electrons. The standard InChI is InChI=1S/C11H14FIO3S/c1-8(13)7-9(2)16-17(14,15)11-5-3-10(12)4-6-11/h3-6,8-9H,7H2,1-2H3. The Bertz CT molecular complexity index is 456. The Morgan fingerprint density at radius 2 is 1.82 bits per heavy atom. The summed E-state index contributed by atoms with van der Waals surface area (Å²) >= 11 is 2.20. The third-order valence-electron chi connectivity index (χ3n) is 2.05. The minimum Gasteiger partial charge on any atom is -0.263 e. The maximum absolute atomic E-state index is 12.7. The molecule has 0 bridgehead atoms. The van der Waals surface area contributed by atoms with E-state index in [1.807, 2.05) is 6.92 Å². The van der Waals surface area contributed by atoms with E-state index in [9.17, 15) is 12.8 Å². The van der Waals surface area contributed by atoms with Crippen LogP contribution in [0.4, 0.5) is 4.39 Å². The largest absolute Gasteiger partial charge is 0.297 e. The van der Waals surface area contributed by atoms with Crippen molar-refractivity contribution < 1.29 is 17.0 Å². The molecule has 0 saturated heterocycles. The molecule has 6 heteroatoms. The van der Waals surface area contributed by atoms with Crippen molar-refractivity contribution in [2.24, 2.45) is 0 Å². The molecule has 0 spiro atoms. The number of alkyl halides is 1. The highest BCUT2D eigenvalue weighted by Gasteiger charge is 2.19. The SMILES string of the molecule is CC(I)CC(C)OS(=O)(=O)c1ccc(F)cc1. The van der Waals surface area contributed by atoms with Gasteiger partial charge in [-0.25, -0.2) is 4.39 Å². The summed E-state index contributed by atoms with van der Waals surface area (Å²) < 4.78 is 41.6. The van der Waals surface area contributed by atoms with Crippen molar-refractivity contribution in [3.05, 3.63) is 30.1 Å². The van der Waals surface area contributed by atoms with Gasteiger partial charge in [-0.05, 0) is 37.6 Å². The van der Waals surface area contributed by atoms with E-state index in [1.54, 1.807) is 6.92 Å². The Morgan fingerprint density at radius 1 is 1.29 bits per heavy atom. The second kappa shape index (κ2) is 6.10. The summed E-state index contributed by atoms with van der Waals surface area (Å²) in [5.74, 6) is -0.474. The molecule has 0 amide bonds. The van der Waals surface area contributed by atoms with E-state index < -0.39 is 22.0 Å². The molecular weight excluding hydrogens is 358 g/mol. The van der Waals surface area contributed by atoms with E-state index >= 15 is 0 Å². The van der Waals surface area contributed by atoms with Crippen LogP contribution in [-0.4, -0.2) is 18.4 Å². The molecule has 0 aromatic heterocycles. The topological polar surface area (TPSA) is 43.4 Å². The molecule has 3 nitrogen and oxygen atoms in total. The zero-order chi connectivity index (χ0) is 13.1. The summed E-state index contributed by atoms with van der Waals surface area (Å²) in [6.45, 7) is 3.68. The van der Waals surface area contributed by atoms with Crippen LogP contribution >= 0.6 is 22.6 Å². The van der Waals surface area contributed by atoms with Gasteiger partial charge in [-0.3, -0.25) is 4.18 Å². The fourth-order valence-electron chi connectivity index (χ4n) is 1.37. The number of hydrogen-bond acceptors (Lipinski definition) is 3. The van der Waals surface area contributed by atoms with Crippen LogP contribution in [0, 0.1) is 5.82 Å². The van der Waals surface area contributed by atoms with Gasteiger partial charge in [-0.1, -0.05) is 29.5 Å². The van der Waals surface area contributed by atoms with Gasteiger partial charge < -0.3 is 0 Å². The monoisotopic (exact) mass is 372 g/mol. The molecule has 0 saturated carbocycles. The van der Waals surface area contributed by atoms with Gasteiger partial charge in [0, 0.05) is 3.92 Å². The van der Waals surface area contributed by atoms with Crippen LogP contribution in [0.2, 0.25) is 0 Å². The fourth-order valence-corrected chi connectivity index (χ4v) is 3.18. The molecule has 1 aromatic rings. The molecule has 1 rings (SSSR count). The van der Waals surface area contributed by atoms with E-state index in [0.29, 0.717) is 10.3 Å². The van der Waals surface area contributed by atoms with Gasteiger partial charge >= 0.3 is 0 Å². The first-order chi connectivity index (χ1) is 7.81. The van der Waals surface area contributed by atoms with Crippen LogP contribution in [0.5, 0.6) is 0 Å². The smallest absolute Gasteiger partial charge is 0.263 e. The van der Waals surface area contributed by atoms with Crippen LogP contribution in [0.3, 0.4) is 0 Å². The molecular formula is C11H14FIO3S. The normalized spacial score (nSPS) is 15.5. The highest BCUT2D eigenvalue weighted by Crippen LogP contribution is 2.18. The van der Waals surface area contributed by atoms with Gasteiger partial charge in [0.2, 0.25) is 0 Å². The first-order valence-electron chi connectivity index (χ1n) is 5.14. The Balaban J connectivity index is 2.78. The summed E-state index contributed by atoms with van der Waals surface area (Å²) in [6.07, 6.45) is 0.248. The predicted octanol–water partition coefficient (Wildman–Crippen LogP) is 3.13. The lowest BCUT2D eigenvalue weighted by molar-refractivity contribution is 0.220. The average molecular weight is 372 g/mol. The molecule has 0 aliphatic rings. The number of hydrogen-bond donors (Lipinski definition) is 0. The molecule has 1 aromatic carbocycles. The maximum atomic E-state index is 12.7. The quantitative estimate of drug-likeness (QED) is 0.453. The van der Waals surface area contributed by atoms with Crippen molar-refractivity contribution in [2.75, 3.05) is 0 Å². The van der Waals surface area contributed by atoms with Gasteiger partial charge in [-0.2, -0.15) is 8.42 Å². The lowest BCUT2D eigenvalue weighted by Gasteiger charge is -2.14. The maximum Gasteiger partial charge on any atom is 0.297 e. The molecule has 0 aliphatic carbocycles. The van der Waals surface area contributed by atoms with Crippen molar-refractivity contribution in [3.8, 4) is 0 Å². The zero-order valence-electron chi connectivity index (χ0n) is 9.56. The Labute approximate surface area is 115 Å². The molecule has 0 fully saturated rings. The Kier molecular flexibility index (Phi) is 5.33. The molecule has 0 radical (unpaired) electrons. The lowest BCUT2D eigenvalue weighted by Crippen LogP contribution is -2.18. The van der Waals surface area contributed by atoms with Gasteiger partial charge in [-0.15, -0.1) is 0 Å². The lowest BCUT2D eigenvalue weighted by atomic mass is 10.2. The molecule has 0 heterocycles. The average Bonchev–Trinajstić information content (AvgIpc) is 2.15. The van der Waals surface area contributed by atoms with Crippen molar-refractivity contribution >= 4 is 32.7 Å². The Hall–Kier alpha value is -0.210. The molecule has 17 heavy (non-hydrogen) atoms. The van der Waals surface area contributed by atoms with E-state index in [0.717, 1.165) is 12.1 Å². The summed E-state index contributed by atoms with van der Waals surface area (Å²) in [5, 5.41) is 0. The highest BCUT2D eigenvalue weighted by atomic mass is 127. The van der Waals surface area contributed by atoms with E-state index in [4.69, 9.17) is 4.18 Å². The third-order valence-corrected chi connectivity index (χ3v) is 3.99. The summed E-state index contributed by atoms with van der Waals surface area (Å²) in [5.41, 5.74) is 0. The summed E-state index contributed by atoms with van der Waals surface area (Å²) in [6, 6.07) is 4.60. The minimum atomic E-state index is -3.79. The first kappa shape index (κ1) is 14.8. The van der Waals surface area contributed by atoms with E-state index in [-0.39, 0.29) is 4.90 Å². The van der Waals surface area contributed by atoms with Crippen molar-refractivity contribution in [3.63, 3.8) is 0 Å². The van der Waals surface area contributed by atoms with Gasteiger partial charge in [0.1, 0.15) is 5.82 Å². The van der Waals surface area contributed by atoms with Gasteiger partial charge in [0.15, 0.2) is 0 Å². The third kappa shape index (κ3) is 4.89. The van der Waals surface area contributed by atoms with E-state index in [1.165, 1.54) is 12.1 Å². The van der Waals surface area contributed by atoms with Crippen molar-refractivity contribution in [2.45, 2.75) is 35.2 Å². The first-order valence-corrected chi connectivity index (χ1v) is 7.79. The highest BCUT2D eigenvalue weighted by molar-refractivity contribution is 14.1. The molecule has 2 unspecified atom stereocenters. The molecule has 2 atom stereocenters. The van der Waals surface area contributed by atoms with E-state index in [2.05, 4.69) is 22.6 Å². The van der Waals surface area contributed by atoms with Gasteiger partial charge in [0.05, 0.1) is 11.0 Å². The number of rotatable bonds is 5. The summed E-state index contributed by atoms with van der Waals surface area (Å²) in [4.78, 5) is -0.0214. The molecule has 0 aliphatic heterocycles. The minimum absolute atomic E-state index is 0.0214. The zero-order valence-corrected chi connectivity index (χ0v) is 12.5. The summed E-state index contributed by atoms with van der Waals surface area (Å²) in [7, 11) is -3.79. The van der Waals surface area contributed by atoms with Crippen LogP contribution in [0.15, 0.2) is 29.2 Å². The number of halogens is 2. The fraction of sp³-hybridized carbons (Fsp3) is 0.455. The van der Waals surface area contributed by atoms with Crippen LogP contribution < -0.4 is 0 Å². The van der Waals surface area contributed by atoms with Crippen LogP contribution in [0.1, 0.15) is 20.3 Å². The Morgan fingerprint density at radius 3 is 2.29 bits per heavy atom. The second-order valence-corrected chi connectivity index (χ2v) is 7.53. The van der Waals surface area contributed by atoms with Crippen LogP contribution in [0.25, 0.3) is 0 Å². The van der Waals surface area contributed by atoms with Crippen molar-refractivity contribution in [1.29, 1.82) is 0 Å². The second-order valence-electron chi connectivity index (χ2n) is 3.83. The molecule has 0 N–H and O–H groups in total. The van der Waals surface area contributed by atoms with Crippen LogP contribution in [-0.2, 0) is 14.3 Å². The predicted molar refractivity (Wildman–Crippen MR) is 72.2 cm³/mol.